The van der Waals surface area contributed by atoms with Crippen LogP contribution in [0.2, 0.25) is 0 Å². The molecule has 0 radical (unpaired) electrons. The highest BCUT2D eigenvalue weighted by Gasteiger charge is 2.19. The number of hydrogen-bond acceptors (Lipinski definition) is 2. The van der Waals surface area contributed by atoms with Gasteiger partial charge in [0.2, 0.25) is 0 Å². The number of aryl methyl sites for hydroxylation is 2. The fourth-order valence-electron chi connectivity index (χ4n) is 2.21. The first-order valence-electron chi connectivity index (χ1n) is 7.21. The molecular weight excluding hydrogens is 268 g/mol. The van der Waals surface area contributed by atoms with Crippen LogP contribution in [0.3, 0.4) is 0 Å². The highest BCUT2D eigenvalue weighted by molar-refractivity contribution is 5.92. The van der Waals surface area contributed by atoms with Gasteiger partial charge in [-0.2, -0.15) is 0 Å². The van der Waals surface area contributed by atoms with Crippen molar-refractivity contribution < 1.29 is 14.7 Å². The van der Waals surface area contributed by atoms with Gasteiger partial charge in [0.05, 0.1) is 0 Å². The lowest BCUT2D eigenvalue weighted by atomic mass is 10.1. The average Bonchev–Trinajstić information content (AvgIpc) is 2.39. The Morgan fingerprint density at radius 1 is 1.33 bits per heavy atom. The van der Waals surface area contributed by atoms with Gasteiger partial charge in [-0.25, -0.2) is 4.79 Å². The van der Waals surface area contributed by atoms with Crippen LogP contribution in [-0.4, -0.2) is 35.1 Å². The minimum Gasteiger partial charge on any atom is -0.480 e. The number of hydrogen-bond donors (Lipinski definition) is 2. The van der Waals surface area contributed by atoms with E-state index in [0.29, 0.717) is 6.54 Å². The molecule has 0 fully saturated rings. The van der Waals surface area contributed by atoms with Crippen molar-refractivity contribution >= 4 is 17.7 Å². The van der Waals surface area contributed by atoms with Crippen LogP contribution in [0, 0.1) is 12.8 Å². The summed E-state index contributed by atoms with van der Waals surface area (Å²) in [5.41, 5.74) is 2.80. The second-order valence-electron chi connectivity index (χ2n) is 5.56. The number of aliphatic carboxylic acids is 1. The Kier molecular flexibility index (Phi) is 6.21. The summed E-state index contributed by atoms with van der Waals surface area (Å²) in [6.45, 7) is 7.97. The number of benzene rings is 1. The molecule has 0 saturated carbocycles. The molecule has 0 heterocycles. The molecule has 5 heteroatoms. The first-order valence-corrected chi connectivity index (χ1v) is 7.21. The molecule has 1 aromatic rings. The van der Waals surface area contributed by atoms with Crippen LogP contribution in [0.4, 0.5) is 10.5 Å². The number of para-hydroxylation sites is 1. The zero-order valence-electron chi connectivity index (χ0n) is 13.1. The lowest BCUT2D eigenvalue weighted by Gasteiger charge is -2.24. The predicted octanol–water partition coefficient (Wildman–Crippen LogP) is 3.13. The third-order valence-corrected chi connectivity index (χ3v) is 3.17. The lowest BCUT2D eigenvalue weighted by Crippen LogP contribution is -2.41. The second-order valence-corrected chi connectivity index (χ2v) is 5.56. The van der Waals surface area contributed by atoms with E-state index in [1.807, 2.05) is 45.9 Å². The molecule has 0 aliphatic heterocycles. The topological polar surface area (TPSA) is 69.6 Å². The van der Waals surface area contributed by atoms with E-state index >= 15 is 0 Å². The van der Waals surface area contributed by atoms with Gasteiger partial charge in [0.1, 0.15) is 6.54 Å². The molecule has 116 valence electrons. The first kappa shape index (κ1) is 17.0. The number of nitrogens with zero attached hydrogens (tertiary/aromatic N) is 1. The molecule has 1 aromatic carbocycles. The van der Waals surface area contributed by atoms with E-state index in [9.17, 15) is 9.59 Å². The summed E-state index contributed by atoms with van der Waals surface area (Å²) in [4.78, 5) is 24.6. The Morgan fingerprint density at radius 2 is 2.00 bits per heavy atom. The average molecular weight is 292 g/mol. The number of urea groups is 1. The summed E-state index contributed by atoms with van der Waals surface area (Å²) >= 11 is 0. The summed E-state index contributed by atoms with van der Waals surface area (Å²) in [5, 5.41) is 11.8. The zero-order chi connectivity index (χ0) is 16.0. The van der Waals surface area contributed by atoms with E-state index in [2.05, 4.69) is 5.32 Å². The van der Waals surface area contributed by atoms with Crippen molar-refractivity contribution in [2.75, 3.05) is 18.4 Å². The van der Waals surface area contributed by atoms with Crippen molar-refractivity contribution in [1.82, 2.24) is 4.90 Å². The number of carbonyl (C=O) groups is 2. The molecule has 0 aromatic heterocycles. The fraction of sp³-hybridized carbons (Fsp3) is 0.500. The minimum atomic E-state index is -1.01. The maximum atomic E-state index is 12.4. The van der Waals surface area contributed by atoms with Crippen LogP contribution < -0.4 is 5.32 Å². The number of nitrogens with one attached hydrogen (secondary N) is 1. The van der Waals surface area contributed by atoms with Crippen LogP contribution >= 0.6 is 0 Å². The third kappa shape index (κ3) is 5.10. The van der Waals surface area contributed by atoms with Crippen molar-refractivity contribution in [3.8, 4) is 0 Å². The lowest BCUT2D eigenvalue weighted by molar-refractivity contribution is -0.137. The quantitative estimate of drug-likeness (QED) is 0.846. The molecule has 1 rings (SSSR count). The van der Waals surface area contributed by atoms with Gasteiger partial charge in [0.15, 0.2) is 0 Å². The third-order valence-electron chi connectivity index (χ3n) is 3.17. The van der Waals surface area contributed by atoms with Crippen molar-refractivity contribution in [3.05, 3.63) is 29.3 Å². The Morgan fingerprint density at radius 3 is 2.52 bits per heavy atom. The monoisotopic (exact) mass is 292 g/mol. The normalized spacial score (nSPS) is 10.5. The van der Waals surface area contributed by atoms with E-state index in [1.54, 1.807) is 0 Å². The Labute approximate surface area is 126 Å². The Balaban J connectivity index is 2.93. The first-order chi connectivity index (χ1) is 9.85. The Bertz CT molecular complexity index is 512. The summed E-state index contributed by atoms with van der Waals surface area (Å²) in [5.74, 6) is -0.802. The molecule has 0 saturated heterocycles. The number of carboxylic acid groups (broad SMARTS) is 1. The molecule has 0 unspecified atom stereocenters. The summed E-state index contributed by atoms with van der Waals surface area (Å²) in [7, 11) is 0. The largest absolute Gasteiger partial charge is 0.480 e. The Hall–Kier alpha value is -2.04. The van der Waals surface area contributed by atoms with Gasteiger partial charge in [-0.1, -0.05) is 39.0 Å². The highest BCUT2D eigenvalue weighted by Crippen LogP contribution is 2.21. The molecule has 0 aliphatic carbocycles. The van der Waals surface area contributed by atoms with Crippen molar-refractivity contribution in [2.24, 2.45) is 5.92 Å². The van der Waals surface area contributed by atoms with E-state index in [1.165, 1.54) is 4.90 Å². The zero-order valence-corrected chi connectivity index (χ0v) is 13.1. The van der Waals surface area contributed by atoms with Gasteiger partial charge in [0.25, 0.3) is 0 Å². The second kappa shape index (κ2) is 7.67. The molecule has 0 aliphatic rings. The fourth-order valence-corrected chi connectivity index (χ4v) is 2.21. The van der Waals surface area contributed by atoms with Crippen LogP contribution in [0.25, 0.3) is 0 Å². The maximum Gasteiger partial charge on any atom is 0.323 e. The van der Waals surface area contributed by atoms with Gasteiger partial charge in [-0.15, -0.1) is 0 Å². The number of anilines is 1. The maximum absolute atomic E-state index is 12.4. The molecule has 0 atom stereocenters. The SMILES string of the molecule is CCc1cccc(C)c1NC(=O)N(CC(=O)O)CC(C)C. The summed E-state index contributed by atoms with van der Waals surface area (Å²) < 4.78 is 0. The molecular formula is C16H24N2O3. The minimum absolute atomic E-state index is 0.206. The molecule has 0 bridgehead atoms. The van der Waals surface area contributed by atoms with Crippen LogP contribution in [-0.2, 0) is 11.2 Å². The number of rotatable bonds is 6. The van der Waals surface area contributed by atoms with Gasteiger partial charge >= 0.3 is 12.0 Å². The molecule has 2 N–H and O–H groups in total. The highest BCUT2D eigenvalue weighted by atomic mass is 16.4. The number of carbonyl (C=O) groups excluding carboxylic acids is 1. The smallest absolute Gasteiger partial charge is 0.323 e. The van der Waals surface area contributed by atoms with Crippen molar-refractivity contribution in [2.45, 2.75) is 34.1 Å². The summed E-state index contributed by atoms with van der Waals surface area (Å²) in [6, 6.07) is 5.48. The van der Waals surface area contributed by atoms with Gasteiger partial charge in [0, 0.05) is 12.2 Å². The number of carboxylic acids is 1. The van der Waals surface area contributed by atoms with Crippen LogP contribution in [0.15, 0.2) is 18.2 Å². The molecule has 21 heavy (non-hydrogen) atoms. The van der Waals surface area contributed by atoms with Gasteiger partial charge < -0.3 is 15.3 Å². The van der Waals surface area contributed by atoms with E-state index < -0.39 is 5.97 Å². The standard InChI is InChI=1S/C16H24N2O3/c1-5-13-8-6-7-12(4)15(13)17-16(21)18(9-11(2)3)10-14(19)20/h6-8,11H,5,9-10H2,1-4H3,(H,17,21)(H,19,20). The van der Waals surface area contributed by atoms with Crippen LogP contribution in [0.1, 0.15) is 31.9 Å². The van der Waals surface area contributed by atoms with E-state index in [4.69, 9.17) is 5.11 Å². The molecule has 5 nitrogen and oxygen atoms in total. The van der Waals surface area contributed by atoms with Crippen molar-refractivity contribution in [3.63, 3.8) is 0 Å². The van der Waals surface area contributed by atoms with Gasteiger partial charge in [-0.3, -0.25) is 4.79 Å². The molecule has 0 spiro atoms. The van der Waals surface area contributed by atoms with Crippen molar-refractivity contribution in [1.29, 1.82) is 0 Å². The molecule has 2 amide bonds. The van der Waals surface area contributed by atoms with E-state index in [0.717, 1.165) is 23.2 Å². The van der Waals surface area contributed by atoms with E-state index in [-0.39, 0.29) is 18.5 Å². The number of amides is 2. The predicted molar refractivity (Wildman–Crippen MR) is 83.6 cm³/mol. The van der Waals surface area contributed by atoms with Crippen LogP contribution in [0.5, 0.6) is 0 Å². The summed E-state index contributed by atoms with van der Waals surface area (Å²) in [6.07, 6.45) is 0.806. The van der Waals surface area contributed by atoms with Gasteiger partial charge in [-0.05, 0) is 30.4 Å².